The summed E-state index contributed by atoms with van der Waals surface area (Å²) in [7, 11) is 0. The lowest BCUT2D eigenvalue weighted by molar-refractivity contribution is -0.138. The first kappa shape index (κ1) is 23.5. The predicted molar refractivity (Wildman–Crippen MR) is 108 cm³/mol. The molecule has 1 aliphatic heterocycles. The van der Waals surface area contributed by atoms with E-state index in [-0.39, 0.29) is 30.5 Å². The molecule has 1 saturated heterocycles. The minimum Gasteiger partial charge on any atom is -0.482 e. The van der Waals surface area contributed by atoms with E-state index in [1.165, 1.54) is 23.3 Å². The molecule has 3 rings (SSSR count). The Morgan fingerprint density at radius 2 is 1.77 bits per heavy atom. The zero-order valence-corrected chi connectivity index (χ0v) is 18.1. The average molecular weight is 497 g/mol. The Kier molecular flexibility index (Phi) is 7.23. The quantitative estimate of drug-likeness (QED) is 0.280. The molecule has 2 aromatic carbocycles. The lowest BCUT2D eigenvalue weighted by Gasteiger charge is -2.39. The monoisotopic (exact) mass is 496 g/mol. The van der Waals surface area contributed by atoms with Gasteiger partial charge in [0.15, 0.2) is 29.9 Å². The standard InChI is InChI=1S/C19H14Cl2F4N2O3S/c1-31-18-13(14(22)15(23)16(24)17(18)25)19(29)26-9-5-27(6-9)12(28)7-30-11-3-2-8(20)4-10(11)21/h2-4,9H,5-7H2,1H3,(H,26,29). The van der Waals surface area contributed by atoms with E-state index in [1.54, 1.807) is 6.07 Å². The molecular weight excluding hydrogens is 483 g/mol. The fraction of sp³-hybridized carbons (Fsp3) is 0.263. The van der Waals surface area contributed by atoms with E-state index in [0.717, 1.165) is 0 Å². The summed E-state index contributed by atoms with van der Waals surface area (Å²) in [6, 6.07) is 3.93. The van der Waals surface area contributed by atoms with E-state index in [9.17, 15) is 27.2 Å². The Bertz CT molecular complexity index is 1050. The highest BCUT2D eigenvalue weighted by Crippen LogP contribution is 2.31. The van der Waals surface area contributed by atoms with Crippen molar-refractivity contribution in [1.29, 1.82) is 0 Å². The van der Waals surface area contributed by atoms with Gasteiger partial charge in [0, 0.05) is 18.1 Å². The van der Waals surface area contributed by atoms with Crippen LogP contribution >= 0.6 is 35.0 Å². The van der Waals surface area contributed by atoms with Crippen molar-refractivity contribution in [3.8, 4) is 5.75 Å². The second-order valence-corrected chi connectivity index (χ2v) is 8.16. The molecule has 31 heavy (non-hydrogen) atoms. The fourth-order valence-electron chi connectivity index (χ4n) is 2.86. The summed E-state index contributed by atoms with van der Waals surface area (Å²) >= 11 is 12.3. The van der Waals surface area contributed by atoms with Crippen molar-refractivity contribution < 1.29 is 31.9 Å². The highest BCUT2D eigenvalue weighted by molar-refractivity contribution is 7.98. The van der Waals surface area contributed by atoms with Gasteiger partial charge in [0.05, 0.1) is 21.5 Å². The predicted octanol–water partition coefficient (Wildman–Crippen LogP) is 4.29. The number of carbonyl (C=O) groups excluding carboxylic acids is 2. The SMILES string of the molecule is CSc1c(F)c(F)c(F)c(F)c1C(=O)NC1CN(C(=O)COc2ccc(Cl)cc2Cl)C1. The molecule has 1 aliphatic rings. The number of nitrogens with one attached hydrogen (secondary N) is 1. The summed E-state index contributed by atoms with van der Waals surface area (Å²) in [5.41, 5.74) is -0.922. The van der Waals surface area contributed by atoms with E-state index < -0.39 is 51.6 Å². The van der Waals surface area contributed by atoms with Crippen molar-refractivity contribution in [2.45, 2.75) is 10.9 Å². The maximum atomic E-state index is 14.1. The van der Waals surface area contributed by atoms with E-state index in [2.05, 4.69) is 5.32 Å². The van der Waals surface area contributed by atoms with Gasteiger partial charge in [-0.3, -0.25) is 9.59 Å². The van der Waals surface area contributed by atoms with Crippen LogP contribution in [0.15, 0.2) is 23.1 Å². The van der Waals surface area contributed by atoms with Gasteiger partial charge < -0.3 is 15.0 Å². The maximum absolute atomic E-state index is 14.1. The minimum absolute atomic E-state index is 0.0741. The van der Waals surface area contributed by atoms with Crippen LogP contribution in [0, 0.1) is 23.3 Å². The minimum atomic E-state index is -2.07. The number of ether oxygens (including phenoxy) is 1. The number of amides is 2. The second kappa shape index (κ2) is 9.54. The highest BCUT2D eigenvalue weighted by Gasteiger charge is 2.35. The van der Waals surface area contributed by atoms with Gasteiger partial charge in [0.25, 0.3) is 11.8 Å². The first-order valence-electron chi connectivity index (χ1n) is 8.70. The third-order valence-corrected chi connectivity index (χ3v) is 5.79. The van der Waals surface area contributed by atoms with Crippen LogP contribution in [0.2, 0.25) is 10.0 Å². The first-order chi connectivity index (χ1) is 14.6. The van der Waals surface area contributed by atoms with Crippen molar-refractivity contribution in [1.82, 2.24) is 10.2 Å². The van der Waals surface area contributed by atoms with Crippen LogP contribution in [0.3, 0.4) is 0 Å². The summed E-state index contributed by atoms with van der Waals surface area (Å²) in [6.45, 7) is -0.170. The van der Waals surface area contributed by atoms with Gasteiger partial charge in [-0.1, -0.05) is 23.2 Å². The van der Waals surface area contributed by atoms with Gasteiger partial charge in [-0.25, -0.2) is 17.6 Å². The molecule has 1 fully saturated rings. The Labute approximate surface area is 188 Å². The van der Waals surface area contributed by atoms with E-state index >= 15 is 0 Å². The largest absolute Gasteiger partial charge is 0.482 e. The van der Waals surface area contributed by atoms with Crippen LogP contribution in [0.25, 0.3) is 0 Å². The van der Waals surface area contributed by atoms with Crippen molar-refractivity contribution >= 4 is 46.8 Å². The number of hydrogen-bond acceptors (Lipinski definition) is 4. The Hall–Kier alpha value is -2.17. The molecule has 0 bridgehead atoms. The summed E-state index contributed by atoms with van der Waals surface area (Å²) in [6.07, 6.45) is 1.29. The van der Waals surface area contributed by atoms with Gasteiger partial charge in [0.1, 0.15) is 5.75 Å². The molecule has 12 heteroatoms. The van der Waals surface area contributed by atoms with Crippen LogP contribution < -0.4 is 10.1 Å². The first-order valence-corrected chi connectivity index (χ1v) is 10.7. The third kappa shape index (κ3) is 4.86. The molecule has 1 heterocycles. The van der Waals surface area contributed by atoms with Crippen molar-refractivity contribution in [2.24, 2.45) is 0 Å². The third-order valence-electron chi connectivity index (χ3n) is 4.47. The molecule has 166 valence electrons. The normalized spacial score (nSPS) is 13.7. The number of benzene rings is 2. The molecule has 1 N–H and O–H groups in total. The van der Waals surface area contributed by atoms with Crippen molar-refractivity contribution in [3.05, 3.63) is 57.1 Å². The highest BCUT2D eigenvalue weighted by atomic mass is 35.5. The van der Waals surface area contributed by atoms with Crippen LogP contribution in [-0.4, -0.2) is 48.7 Å². The molecule has 5 nitrogen and oxygen atoms in total. The molecule has 0 aromatic heterocycles. The summed E-state index contributed by atoms with van der Waals surface area (Å²) in [4.78, 5) is 25.2. The van der Waals surface area contributed by atoms with E-state index in [1.807, 2.05) is 0 Å². The number of thioether (sulfide) groups is 1. The summed E-state index contributed by atoms with van der Waals surface area (Å²) in [5.74, 6) is -8.71. The zero-order valence-electron chi connectivity index (χ0n) is 15.8. The van der Waals surface area contributed by atoms with Crippen molar-refractivity contribution in [3.63, 3.8) is 0 Å². The molecule has 0 atom stereocenters. The van der Waals surface area contributed by atoms with Crippen LogP contribution in [0.1, 0.15) is 10.4 Å². The van der Waals surface area contributed by atoms with Gasteiger partial charge >= 0.3 is 0 Å². The Morgan fingerprint density at radius 1 is 1.13 bits per heavy atom. The number of carbonyl (C=O) groups is 2. The Morgan fingerprint density at radius 3 is 2.39 bits per heavy atom. The van der Waals surface area contributed by atoms with Crippen LogP contribution in [0.4, 0.5) is 17.6 Å². The Balaban J connectivity index is 1.57. The zero-order chi connectivity index (χ0) is 22.9. The van der Waals surface area contributed by atoms with Crippen molar-refractivity contribution in [2.75, 3.05) is 26.0 Å². The number of hydrogen-bond donors (Lipinski definition) is 1. The molecule has 0 unspecified atom stereocenters. The molecular formula is C19H14Cl2F4N2O3S. The molecule has 0 radical (unpaired) electrons. The lowest BCUT2D eigenvalue weighted by Crippen LogP contribution is -2.61. The number of halogens is 6. The van der Waals surface area contributed by atoms with Gasteiger partial charge in [0.2, 0.25) is 0 Å². The van der Waals surface area contributed by atoms with Crippen LogP contribution in [-0.2, 0) is 4.79 Å². The van der Waals surface area contributed by atoms with E-state index in [4.69, 9.17) is 27.9 Å². The molecule has 0 spiro atoms. The molecule has 2 aromatic rings. The van der Waals surface area contributed by atoms with Gasteiger partial charge in [-0.2, -0.15) is 0 Å². The van der Waals surface area contributed by atoms with Gasteiger partial charge in [-0.15, -0.1) is 11.8 Å². The molecule has 0 saturated carbocycles. The number of likely N-dealkylation sites (tertiary alicyclic amines) is 1. The lowest BCUT2D eigenvalue weighted by atomic mass is 10.1. The van der Waals surface area contributed by atoms with E-state index in [0.29, 0.717) is 16.8 Å². The molecule has 2 amide bonds. The maximum Gasteiger partial charge on any atom is 0.260 e. The van der Waals surface area contributed by atoms with Gasteiger partial charge in [-0.05, 0) is 24.5 Å². The smallest absolute Gasteiger partial charge is 0.260 e. The van der Waals surface area contributed by atoms with Crippen LogP contribution in [0.5, 0.6) is 5.75 Å². The topological polar surface area (TPSA) is 58.6 Å². The number of rotatable bonds is 6. The summed E-state index contributed by atoms with van der Waals surface area (Å²) < 4.78 is 60.2. The summed E-state index contributed by atoms with van der Waals surface area (Å²) in [5, 5.41) is 3.02. The second-order valence-electron chi connectivity index (χ2n) is 6.50. The number of nitrogens with zero attached hydrogens (tertiary/aromatic N) is 1. The average Bonchev–Trinajstić information content (AvgIpc) is 2.70. The molecule has 0 aliphatic carbocycles. The fourth-order valence-corrected chi connectivity index (χ4v) is 3.98.